The molecule has 1 unspecified atom stereocenters. The number of hydrogen-bond donors (Lipinski definition) is 1. The predicted molar refractivity (Wildman–Crippen MR) is 218 cm³/mol. The molecule has 1 N–H and O–H groups in total. The Bertz CT molecular complexity index is 839. The van der Waals surface area contributed by atoms with E-state index in [0.717, 1.165) is 89.9 Å². The van der Waals surface area contributed by atoms with E-state index in [1.54, 1.807) is 0 Å². The summed E-state index contributed by atoms with van der Waals surface area (Å²) in [5.41, 5.74) is 0. The van der Waals surface area contributed by atoms with Gasteiger partial charge in [-0.3, -0.25) is 9.59 Å². The number of carboxylic acids is 1. The maximum Gasteiger partial charge on any atom is 0.306 e. The van der Waals surface area contributed by atoms with Crippen LogP contribution in [0, 0.1) is 0 Å². The van der Waals surface area contributed by atoms with Crippen LogP contribution in [-0.4, -0.2) is 23.1 Å². The molecule has 0 aromatic carbocycles. The lowest BCUT2D eigenvalue weighted by molar-refractivity contribution is -0.150. The highest BCUT2D eigenvalue weighted by Gasteiger charge is 2.14. The number of carbonyl (C=O) groups is 2. The van der Waals surface area contributed by atoms with Crippen LogP contribution in [0.25, 0.3) is 0 Å². The second-order valence-electron chi connectivity index (χ2n) is 14.5. The van der Waals surface area contributed by atoms with Crippen molar-refractivity contribution in [2.75, 3.05) is 0 Å². The SMILES string of the molecule is CCCCC/C=C\C/C=C\C/C=C\C/C=C\CCCCCC(=O)OC(CCCCCCCCCCCCCCCC)CCCCCCC(=O)O. The third-order valence-electron chi connectivity index (χ3n) is 9.55. The molecular formula is C46H82O4. The Morgan fingerprint density at radius 1 is 0.440 bits per heavy atom. The van der Waals surface area contributed by atoms with Crippen molar-refractivity contribution in [2.24, 2.45) is 0 Å². The first-order valence-electron chi connectivity index (χ1n) is 21.6. The average molecular weight is 699 g/mol. The van der Waals surface area contributed by atoms with Gasteiger partial charge in [0, 0.05) is 12.8 Å². The van der Waals surface area contributed by atoms with Gasteiger partial charge in [-0.25, -0.2) is 0 Å². The zero-order chi connectivity index (χ0) is 36.4. The summed E-state index contributed by atoms with van der Waals surface area (Å²) in [6, 6.07) is 0. The number of esters is 1. The molecule has 0 amide bonds. The highest BCUT2D eigenvalue weighted by molar-refractivity contribution is 5.69. The standard InChI is InChI=1S/C46H82O4/c1-3-5-7-9-11-13-15-17-19-20-21-22-23-25-27-29-31-33-39-43-46(49)50-44(41-37-34-35-38-42-45(47)48)40-36-32-30-28-26-24-18-16-14-12-10-8-6-4-2/h11,13,17,19,21-22,25,27,44H,3-10,12,14-16,18,20,23-24,26,28-43H2,1-2H3,(H,47,48)/b13-11-,19-17-,22-21-,27-25-. The number of unbranched alkanes of at least 4 members (excludes halogenated alkanes) is 22. The van der Waals surface area contributed by atoms with Crippen LogP contribution in [-0.2, 0) is 14.3 Å². The zero-order valence-corrected chi connectivity index (χ0v) is 33.2. The molecule has 290 valence electrons. The molecule has 0 rings (SSSR count). The molecule has 4 nitrogen and oxygen atoms in total. The van der Waals surface area contributed by atoms with Crippen molar-refractivity contribution in [1.82, 2.24) is 0 Å². The molecule has 0 aromatic rings. The van der Waals surface area contributed by atoms with Crippen LogP contribution in [0.3, 0.4) is 0 Å². The molecule has 0 aliphatic carbocycles. The van der Waals surface area contributed by atoms with Gasteiger partial charge >= 0.3 is 11.9 Å². The van der Waals surface area contributed by atoms with Crippen LogP contribution in [0.2, 0.25) is 0 Å². The minimum Gasteiger partial charge on any atom is -0.481 e. The quantitative estimate of drug-likeness (QED) is 0.0394. The second kappa shape index (κ2) is 41.3. The Labute approximate surface area is 311 Å². The predicted octanol–water partition coefficient (Wildman–Crippen LogP) is 15.1. The topological polar surface area (TPSA) is 63.6 Å². The van der Waals surface area contributed by atoms with Gasteiger partial charge in [0.05, 0.1) is 0 Å². The maximum absolute atomic E-state index is 12.7. The molecule has 0 radical (unpaired) electrons. The van der Waals surface area contributed by atoms with Crippen molar-refractivity contribution in [2.45, 2.75) is 232 Å². The summed E-state index contributed by atoms with van der Waals surface area (Å²) < 4.78 is 5.98. The van der Waals surface area contributed by atoms with Crippen LogP contribution in [0.15, 0.2) is 48.6 Å². The Hall–Kier alpha value is -2.10. The van der Waals surface area contributed by atoms with Crippen LogP contribution in [0.1, 0.15) is 226 Å². The van der Waals surface area contributed by atoms with Gasteiger partial charge in [0.15, 0.2) is 0 Å². The van der Waals surface area contributed by atoms with Crippen molar-refractivity contribution in [1.29, 1.82) is 0 Å². The monoisotopic (exact) mass is 699 g/mol. The number of hydrogen-bond acceptors (Lipinski definition) is 3. The molecule has 50 heavy (non-hydrogen) atoms. The zero-order valence-electron chi connectivity index (χ0n) is 33.2. The van der Waals surface area contributed by atoms with Gasteiger partial charge in [0.1, 0.15) is 6.10 Å². The van der Waals surface area contributed by atoms with Crippen LogP contribution in [0.4, 0.5) is 0 Å². The summed E-state index contributed by atoms with van der Waals surface area (Å²) in [6.45, 7) is 4.53. The molecule has 4 heteroatoms. The fourth-order valence-electron chi connectivity index (χ4n) is 6.34. The second-order valence-corrected chi connectivity index (χ2v) is 14.5. The van der Waals surface area contributed by atoms with Crippen LogP contribution >= 0.6 is 0 Å². The normalized spacial score (nSPS) is 12.7. The number of carboxylic acid groups (broad SMARTS) is 1. The van der Waals surface area contributed by atoms with E-state index < -0.39 is 5.97 Å². The van der Waals surface area contributed by atoms with Crippen molar-refractivity contribution < 1.29 is 19.4 Å². The van der Waals surface area contributed by atoms with E-state index in [1.165, 1.54) is 109 Å². The summed E-state index contributed by atoms with van der Waals surface area (Å²) in [6.07, 6.45) is 55.6. The number of aliphatic carboxylic acids is 1. The van der Waals surface area contributed by atoms with Gasteiger partial charge < -0.3 is 9.84 Å². The first-order chi connectivity index (χ1) is 24.6. The minimum absolute atomic E-state index is 0.0166. The first kappa shape index (κ1) is 47.9. The molecule has 0 aliphatic heterocycles. The van der Waals surface area contributed by atoms with E-state index in [0.29, 0.717) is 6.42 Å². The van der Waals surface area contributed by atoms with E-state index >= 15 is 0 Å². The molecule has 1 atom stereocenters. The van der Waals surface area contributed by atoms with E-state index in [1.807, 2.05) is 0 Å². The Morgan fingerprint density at radius 2 is 0.780 bits per heavy atom. The average Bonchev–Trinajstić information content (AvgIpc) is 3.10. The first-order valence-corrected chi connectivity index (χ1v) is 21.6. The molecule has 0 aromatic heterocycles. The van der Waals surface area contributed by atoms with E-state index in [2.05, 4.69) is 62.5 Å². The fraction of sp³-hybridized carbons (Fsp3) is 0.783. The van der Waals surface area contributed by atoms with E-state index in [-0.39, 0.29) is 18.5 Å². The van der Waals surface area contributed by atoms with Crippen molar-refractivity contribution in [3.8, 4) is 0 Å². The highest BCUT2D eigenvalue weighted by Crippen LogP contribution is 2.19. The van der Waals surface area contributed by atoms with Gasteiger partial charge in [-0.05, 0) is 83.5 Å². The van der Waals surface area contributed by atoms with Crippen molar-refractivity contribution in [3.05, 3.63) is 48.6 Å². The maximum atomic E-state index is 12.7. The molecular weight excluding hydrogens is 617 g/mol. The Balaban J connectivity index is 4.05. The summed E-state index contributed by atoms with van der Waals surface area (Å²) in [5.74, 6) is -0.752. The van der Waals surface area contributed by atoms with Crippen molar-refractivity contribution in [3.63, 3.8) is 0 Å². The Kier molecular flexibility index (Phi) is 39.6. The highest BCUT2D eigenvalue weighted by atomic mass is 16.5. The molecule has 0 spiro atoms. The summed E-state index contributed by atoms with van der Waals surface area (Å²) in [5, 5.41) is 8.87. The number of rotatable bonds is 39. The van der Waals surface area contributed by atoms with Gasteiger partial charge in [-0.1, -0.05) is 178 Å². The smallest absolute Gasteiger partial charge is 0.306 e. The molecule has 0 saturated heterocycles. The lowest BCUT2D eigenvalue weighted by Gasteiger charge is -2.18. The number of allylic oxidation sites excluding steroid dienone is 8. The fourth-order valence-corrected chi connectivity index (χ4v) is 6.34. The minimum atomic E-state index is -0.714. The third kappa shape index (κ3) is 40.3. The van der Waals surface area contributed by atoms with Crippen LogP contribution in [0.5, 0.6) is 0 Å². The molecule has 0 aliphatic rings. The van der Waals surface area contributed by atoms with Gasteiger partial charge in [0.25, 0.3) is 0 Å². The van der Waals surface area contributed by atoms with E-state index in [4.69, 9.17) is 9.84 Å². The van der Waals surface area contributed by atoms with Gasteiger partial charge in [-0.15, -0.1) is 0 Å². The molecule has 0 saturated carbocycles. The summed E-state index contributed by atoms with van der Waals surface area (Å²) >= 11 is 0. The summed E-state index contributed by atoms with van der Waals surface area (Å²) in [4.78, 5) is 23.5. The lowest BCUT2D eigenvalue weighted by atomic mass is 10.0. The van der Waals surface area contributed by atoms with Crippen LogP contribution < -0.4 is 0 Å². The van der Waals surface area contributed by atoms with Gasteiger partial charge in [0.2, 0.25) is 0 Å². The molecule has 0 heterocycles. The third-order valence-corrected chi connectivity index (χ3v) is 9.55. The number of carbonyl (C=O) groups excluding carboxylic acids is 1. The van der Waals surface area contributed by atoms with E-state index in [9.17, 15) is 9.59 Å². The largest absolute Gasteiger partial charge is 0.481 e. The number of ether oxygens (including phenoxy) is 1. The summed E-state index contributed by atoms with van der Waals surface area (Å²) in [7, 11) is 0. The van der Waals surface area contributed by atoms with Gasteiger partial charge in [-0.2, -0.15) is 0 Å². The lowest BCUT2D eigenvalue weighted by Crippen LogP contribution is -2.18. The molecule has 0 bridgehead atoms. The molecule has 0 fully saturated rings. The van der Waals surface area contributed by atoms with Crippen molar-refractivity contribution >= 4 is 11.9 Å². The Morgan fingerprint density at radius 3 is 1.24 bits per heavy atom.